The van der Waals surface area contributed by atoms with Crippen LogP contribution in [-0.4, -0.2) is 31.6 Å². The van der Waals surface area contributed by atoms with Crippen LogP contribution in [0.25, 0.3) is 0 Å². The van der Waals surface area contributed by atoms with E-state index in [1.54, 1.807) is 24.3 Å². The molecule has 19 heavy (non-hydrogen) atoms. The van der Waals surface area contributed by atoms with Gasteiger partial charge in [-0.25, -0.2) is 9.10 Å². The quantitative estimate of drug-likeness (QED) is 0.842. The van der Waals surface area contributed by atoms with Gasteiger partial charge in [0.25, 0.3) is 0 Å². The number of benzene rings is 1. The summed E-state index contributed by atoms with van der Waals surface area (Å²) in [6, 6.07) is 5.79. The Morgan fingerprint density at radius 2 is 2.00 bits per heavy atom. The molecule has 1 aromatic carbocycles. The van der Waals surface area contributed by atoms with Crippen LogP contribution in [-0.2, 0) is 21.4 Å². The van der Waals surface area contributed by atoms with Crippen molar-refractivity contribution in [3.05, 3.63) is 29.8 Å². The van der Waals surface area contributed by atoms with Crippen LogP contribution in [0.3, 0.4) is 0 Å². The van der Waals surface area contributed by atoms with Crippen molar-refractivity contribution in [2.45, 2.75) is 31.3 Å². The van der Waals surface area contributed by atoms with Crippen molar-refractivity contribution in [2.75, 3.05) is 4.31 Å². The van der Waals surface area contributed by atoms with Crippen LogP contribution in [0.5, 0.6) is 0 Å². The maximum atomic E-state index is 12.3. The summed E-state index contributed by atoms with van der Waals surface area (Å²) in [5, 5.41) is 9.24. The van der Waals surface area contributed by atoms with E-state index >= 15 is 0 Å². The highest BCUT2D eigenvalue weighted by Crippen LogP contribution is 2.35. The number of carbonyl (C=O) groups is 1. The number of carboxylic acids is 1. The van der Waals surface area contributed by atoms with Gasteiger partial charge in [0.2, 0.25) is 0 Å². The van der Waals surface area contributed by atoms with E-state index in [-0.39, 0.29) is 12.5 Å². The van der Waals surface area contributed by atoms with Gasteiger partial charge in [0.1, 0.15) is 6.04 Å². The highest BCUT2D eigenvalue weighted by molar-refractivity contribution is 7.91. The molecule has 1 aliphatic heterocycles. The van der Waals surface area contributed by atoms with E-state index in [0.717, 1.165) is 22.7 Å². The van der Waals surface area contributed by atoms with Crippen LogP contribution in [0.4, 0.5) is 5.69 Å². The summed E-state index contributed by atoms with van der Waals surface area (Å²) in [6.07, 6.45) is 1.83. The van der Waals surface area contributed by atoms with Gasteiger partial charge in [-0.2, -0.15) is 13.1 Å². The second kappa shape index (κ2) is 4.21. The zero-order valence-electron chi connectivity index (χ0n) is 10.1. The van der Waals surface area contributed by atoms with Crippen LogP contribution in [0.1, 0.15) is 18.4 Å². The number of hydrogen-bond donors (Lipinski definition) is 2. The summed E-state index contributed by atoms with van der Waals surface area (Å²) in [7, 11) is -3.80. The Morgan fingerprint density at radius 1 is 1.32 bits per heavy atom. The van der Waals surface area contributed by atoms with E-state index in [4.69, 9.17) is 0 Å². The minimum absolute atomic E-state index is 0.0489. The summed E-state index contributed by atoms with van der Waals surface area (Å²) in [4.78, 5) is 11.3. The molecule has 1 aliphatic carbocycles. The van der Waals surface area contributed by atoms with Crippen LogP contribution in [0.15, 0.2) is 24.3 Å². The van der Waals surface area contributed by atoms with Gasteiger partial charge in [-0.15, -0.1) is 0 Å². The zero-order valence-corrected chi connectivity index (χ0v) is 10.9. The van der Waals surface area contributed by atoms with E-state index in [0.29, 0.717) is 5.69 Å². The Kier molecular flexibility index (Phi) is 2.75. The van der Waals surface area contributed by atoms with Gasteiger partial charge < -0.3 is 5.11 Å². The molecule has 1 atom stereocenters. The third-order valence-corrected chi connectivity index (χ3v) is 4.96. The third kappa shape index (κ3) is 2.19. The van der Waals surface area contributed by atoms with Crippen molar-refractivity contribution >= 4 is 21.9 Å². The summed E-state index contributed by atoms with van der Waals surface area (Å²) >= 11 is 0. The minimum atomic E-state index is -3.80. The largest absolute Gasteiger partial charge is 0.480 e. The van der Waals surface area contributed by atoms with Gasteiger partial charge in [-0.05, 0) is 24.5 Å². The maximum Gasteiger partial charge on any atom is 0.327 e. The first-order valence-corrected chi connectivity index (χ1v) is 7.55. The molecule has 3 rings (SSSR count). The topological polar surface area (TPSA) is 86.7 Å². The molecular weight excluding hydrogens is 268 g/mol. The smallest absolute Gasteiger partial charge is 0.327 e. The molecule has 102 valence electrons. The number of nitrogens with one attached hydrogen (secondary N) is 1. The fourth-order valence-corrected chi connectivity index (χ4v) is 4.02. The first kappa shape index (κ1) is 12.4. The van der Waals surface area contributed by atoms with E-state index in [9.17, 15) is 18.3 Å². The molecule has 6 nitrogen and oxygen atoms in total. The standard InChI is InChI=1S/C12H14N2O4S/c15-12(16)11-7-8-3-1-2-4-10(8)14(11)19(17,18)13-9-5-6-9/h1-4,9,11,13H,5-7H2,(H,15,16)/t11-/m0/s1. The number of carboxylic acid groups (broad SMARTS) is 1. The Labute approximate surface area is 111 Å². The molecule has 1 aromatic rings. The number of fused-ring (bicyclic) bond motifs is 1. The fraction of sp³-hybridized carbons (Fsp3) is 0.417. The summed E-state index contributed by atoms with van der Waals surface area (Å²) in [6.45, 7) is 0. The van der Waals surface area contributed by atoms with Crippen LogP contribution in [0, 0.1) is 0 Å². The zero-order chi connectivity index (χ0) is 13.6. The van der Waals surface area contributed by atoms with Gasteiger partial charge >= 0.3 is 16.2 Å². The van der Waals surface area contributed by atoms with Crippen LogP contribution in [0.2, 0.25) is 0 Å². The average Bonchev–Trinajstić information content (AvgIpc) is 3.04. The molecule has 7 heteroatoms. The first-order valence-electron chi connectivity index (χ1n) is 6.11. The molecule has 0 amide bonds. The van der Waals surface area contributed by atoms with Crippen LogP contribution < -0.4 is 9.03 Å². The SMILES string of the molecule is O=C(O)[C@@H]1Cc2ccccc2N1S(=O)(=O)NC1CC1. The van der Waals surface area contributed by atoms with Crippen molar-refractivity contribution in [3.63, 3.8) is 0 Å². The van der Waals surface area contributed by atoms with Gasteiger partial charge in [-0.1, -0.05) is 18.2 Å². The van der Waals surface area contributed by atoms with E-state index < -0.39 is 22.2 Å². The van der Waals surface area contributed by atoms with Crippen molar-refractivity contribution < 1.29 is 18.3 Å². The molecule has 1 saturated carbocycles. The Hall–Kier alpha value is -1.60. The highest BCUT2D eigenvalue weighted by atomic mass is 32.2. The molecule has 0 spiro atoms. The lowest BCUT2D eigenvalue weighted by molar-refractivity contribution is -0.138. The molecule has 2 N–H and O–H groups in total. The van der Waals surface area contributed by atoms with E-state index in [2.05, 4.69) is 4.72 Å². The van der Waals surface area contributed by atoms with Crippen LogP contribution >= 0.6 is 0 Å². The summed E-state index contributed by atoms with van der Waals surface area (Å²) in [5.74, 6) is -1.13. The van der Waals surface area contributed by atoms with Gasteiger partial charge in [-0.3, -0.25) is 0 Å². The second-order valence-electron chi connectivity index (χ2n) is 4.88. The van der Waals surface area contributed by atoms with E-state index in [1.165, 1.54) is 0 Å². The molecule has 1 fully saturated rings. The van der Waals surface area contributed by atoms with Crippen molar-refractivity contribution in [1.29, 1.82) is 0 Å². The summed E-state index contributed by atoms with van der Waals surface area (Å²) in [5.41, 5.74) is 1.21. The lowest BCUT2D eigenvalue weighted by Crippen LogP contribution is -2.48. The number of rotatable bonds is 4. The maximum absolute atomic E-state index is 12.3. The molecule has 0 aromatic heterocycles. The second-order valence-corrected chi connectivity index (χ2v) is 6.46. The minimum Gasteiger partial charge on any atom is -0.480 e. The highest BCUT2D eigenvalue weighted by Gasteiger charge is 2.43. The third-order valence-electron chi connectivity index (χ3n) is 3.36. The van der Waals surface area contributed by atoms with Crippen molar-refractivity contribution in [1.82, 2.24) is 4.72 Å². The normalized spacial score (nSPS) is 22.3. The van der Waals surface area contributed by atoms with Gasteiger partial charge in [0.15, 0.2) is 0 Å². The number of aliphatic carboxylic acids is 1. The predicted octanol–water partition coefficient (Wildman–Crippen LogP) is 0.499. The summed E-state index contributed by atoms with van der Waals surface area (Å²) < 4.78 is 28.2. The van der Waals surface area contributed by atoms with Gasteiger partial charge in [0.05, 0.1) is 5.69 Å². The number of anilines is 1. The average molecular weight is 282 g/mol. The monoisotopic (exact) mass is 282 g/mol. The first-order chi connectivity index (χ1) is 8.99. The van der Waals surface area contributed by atoms with E-state index in [1.807, 2.05) is 0 Å². The number of nitrogens with zero attached hydrogens (tertiary/aromatic N) is 1. The molecule has 0 bridgehead atoms. The van der Waals surface area contributed by atoms with Crippen molar-refractivity contribution in [2.24, 2.45) is 0 Å². The Balaban J connectivity index is 2.02. The molecule has 0 unspecified atom stereocenters. The van der Waals surface area contributed by atoms with Crippen molar-refractivity contribution in [3.8, 4) is 0 Å². The molecule has 0 radical (unpaired) electrons. The Morgan fingerprint density at radius 3 is 2.63 bits per heavy atom. The predicted molar refractivity (Wildman–Crippen MR) is 69.1 cm³/mol. The number of para-hydroxylation sites is 1. The fourth-order valence-electron chi connectivity index (χ4n) is 2.31. The van der Waals surface area contributed by atoms with Gasteiger partial charge in [0, 0.05) is 12.5 Å². The molecule has 1 heterocycles. The Bertz CT molecular complexity index is 624. The number of hydrogen-bond acceptors (Lipinski definition) is 3. The lowest BCUT2D eigenvalue weighted by atomic mass is 10.1. The molecule has 0 saturated heterocycles. The lowest BCUT2D eigenvalue weighted by Gasteiger charge is -2.24. The molecule has 2 aliphatic rings. The molecular formula is C12H14N2O4S.